The Labute approximate surface area is 87.8 Å². The summed E-state index contributed by atoms with van der Waals surface area (Å²) in [6.45, 7) is 0. The number of aromatic nitrogens is 1. The van der Waals surface area contributed by atoms with E-state index in [1.807, 2.05) is 0 Å². The number of halogens is 1. The van der Waals surface area contributed by atoms with E-state index in [1.54, 1.807) is 11.4 Å². The number of carboxylic acids is 1. The number of aromatic carboxylic acids is 1. The van der Waals surface area contributed by atoms with Crippen molar-refractivity contribution in [2.45, 2.75) is 0 Å². The highest BCUT2D eigenvalue weighted by Gasteiger charge is 2.14. The van der Waals surface area contributed by atoms with Crippen LogP contribution in [0.5, 0.6) is 0 Å². The highest BCUT2D eigenvalue weighted by Crippen LogP contribution is 2.32. The average Bonchev–Trinajstić information content (AvgIpc) is 2.71. The summed E-state index contributed by atoms with van der Waals surface area (Å²) < 4.78 is 4.99. The summed E-state index contributed by atoms with van der Waals surface area (Å²) in [5, 5.41) is 10.9. The lowest BCUT2D eigenvalue weighted by atomic mass is 10.4. The second kappa shape index (κ2) is 3.43. The molecular formula is C8H4ClNO3S. The quantitative estimate of drug-likeness (QED) is 0.860. The lowest BCUT2D eigenvalue weighted by molar-refractivity contribution is 0.0690. The normalized spacial score (nSPS) is 10.4. The monoisotopic (exact) mass is 229 g/mol. The molecule has 0 unspecified atom stereocenters. The summed E-state index contributed by atoms with van der Waals surface area (Å²) in [5.74, 6) is -0.880. The van der Waals surface area contributed by atoms with Gasteiger partial charge in [-0.25, -0.2) is 9.78 Å². The van der Waals surface area contributed by atoms with Crippen molar-refractivity contribution in [3.05, 3.63) is 28.4 Å². The van der Waals surface area contributed by atoms with Gasteiger partial charge in [-0.05, 0) is 11.4 Å². The summed E-state index contributed by atoms with van der Waals surface area (Å²) in [6.07, 6.45) is 1.09. The van der Waals surface area contributed by atoms with Crippen LogP contribution in [0.3, 0.4) is 0 Å². The van der Waals surface area contributed by atoms with Gasteiger partial charge in [-0.2, -0.15) is 0 Å². The largest absolute Gasteiger partial charge is 0.476 e. The number of hydrogen-bond acceptors (Lipinski definition) is 4. The van der Waals surface area contributed by atoms with Crippen LogP contribution < -0.4 is 0 Å². The van der Waals surface area contributed by atoms with Crippen LogP contribution in [-0.2, 0) is 0 Å². The number of oxazole rings is 1. The Bertz CT molecular complexity index is 476. The molecule has 0 saturated heterocycles. The van der Waals surface area contributed by atoms with Crippen LogP contribution in [0, 0.1) is 0 Å². The standard InChI is InChI=1S/C8H4ClNO3S/c9-4-1-2-14-6(4)7-10-5(3-13-7)8(11)12/h1-3H,(H,11,12). The van der Waals surface area contributed by atoms with Crippen molar-refractivity contribution in [2.75, 3.05) is 0 Å². The molecule has 0 amide bonds. The summed E-state index contributed by atoms with van der Waals surface area (Å²) in [6, 6.07) is 1.70. The zero-order valence-corrected chi connectivity index (χ0v) is 8.30. The van der Waals surface area contributed by atoms with Crippen LogP contribution in [-0.4, -0.2) is 16.1 Å². The minimum absolute atomic E-state index is 0.121. The van der Waals surface area contributed by atoms with Crippen LogP contribution in [0.1, 0.15) is 10.5 Å². The van der Waals surface area contributed by atoms with Gasteiger partial charge in [0, 0.05) is 0 Å². The Morgan fingerprint density at radius 2 is 2.43 bits per heavy atom. The van der Waals surface area contributed by atoms with Crippen LogP contribution >= 0.6 is 22.9 Å². The van der Waals surface area contributed by atoms with Crippen molar-refractivity contribution in [1.82, 2.24) is 4.98 Å². The maximum atomic E-state index is 10.5. The molecule has 14 heavy (non-hydrogen) atoms. The first-order valence-electron chi connectivity index (χ1n) is 3.60. The van der Waals surface area contributed by atoms with Crippen molar-refractivity contribution in [1.29, 1.82) is 0 Å². The van der Waals surface area contributed by atoms with Crippen molar-refractivity contribution in [3.63, 3.8) is 0 Å². The summed E-state index contributed by atoms with van der Waals surface area (Å²) in [7, 11) is 0. The third-order valence-electron chi connectivity index (χ3n) is 1.53. The van der Waals surface area contributed by atoms with Crippen molar-refractivity contribution in [3.8, 4) is 10.8 Å². The van der Waals surface area contributed by atoms with Crippen LogP contribution in [0.15, 0.2) is 22.1 Å². The van der Waals surface area contributed by atoms with Gasteiger partial charge in [-0.15, -0.1) is 11.3 Å². The molecule has 2 aromatic rings. The number of thiophene rings is 1. The molecule has 1 N–H and O–H groups in total. The molecule has 0 spiro atoms. The topological polar surface area (TPSA) is 63.3 Å². The van der Waals surface area contributed by atoms with Gasteiger partial charge in [0.2, 0.25) is 5.89 Å². The van der Waals surface area contributed by atoms with Gasteiger partial charge in [0.25, 0.3) is 0 Å². The van der Waals surface area contributed by atoms with E-state index < -0.39 is 5.97 Å². The lowest BCUT2D eigenvalue weighted by Crippen LogP contribution is -1.95. The smallest absolute Gasteiger partial charge is 0.357 e. The first kappa shape index (κ1) is 9.23. The Morgan fingerprint density at radius 1 is 1.64 bits per heavy atom. The van der Waals surface area contributed by atoms with Gasteiger partial charge in [-0.1, -0.05) is 11.6 Å². The second-order valence-corrected chi connectivity index (χ2v) is 3.76. The number of nitrogens with zero attached hydrogens (tertiary/aromatic N) is 1. The molecule has 0 aliphatic rings. The van der Waals surface area contributed by atoms with Gasteiger partial charge in [-0.3, -0.25) is 0 Å². The fourth-order valence-corrected chi connectivity index (χ4v) is 1.99. The van der Waals surface area contributed by atoms with E-state index in [9.17, 15) is 4.79 Å². The molecule has 0 bridgehead atoms. The van der Waals surface area contributed by atoms with E-state index in [1.165, 1.54) is 11.3 Å². The first-order valence-corrected chi connectivity index (χ1v) is 4.86. The third kappa shape index (κ3) is 1.51. The van der Waals surface area contributed by atoms with E-state index in [0.29, 0.717) is 9.90 Å². The van der Waals surface area contributed by atoms with E-state index in [2.05, 4.69) is 4.98 Å². The van der Waals surface area contributed by atoms with Crippen molar-refractivity contribution in [2.24, 2.45) is 0 Å². The lowest BCUT2D eigenvalue weighted by Gasteiger charge is -1.88. The summed E-state index contributed by atoms with van der Waals surface area (Å²) in [4.78, 5) is 14.9. The van der Waals surface area contributed by atoms with Crippen LogP contribution in [0.25, 0.3) is 10.8 Å². The van der Waals surface area contributed by atoms with E-state index >= 15 is 0 Å². The van der Waals surface area contributed by atoms with Gasteiger partial charge in [0.1, 0.15) is 11.1 Å². The molecule has 72 valence electrons. The number of rotatable bonds is 2. The first-order chi connectivity index (χ1) is 6.68. The molecule has 6 heteroatoms. The molecule has 2 aromatic heterocycles. The molecule has 4 nitrogen and oxygen atoms in total. The zero-order chi connectivity index (χ0) is 10.1. The highest BCUT2D eigenvalue weighted by molar-refractivity contribution is 7.14. The Morgan fingerprint density at radius 3 is 2.93 bits per heavy atom. The van der Waals surface area contributed by atoms with Crippen LogP contribution in [0.2, 0.25) is 5.02 Å². The molecule has 0 radical (unpaired) electrons. The third-order valence-corrected chi connectivity index (χ3v) is 2.86. The maximum Gasteiger partial charge on any atom is 0.357 e. The van der Waals surface area contributed by atoms with E-state index in [4.69, 9.17) is 21.1 Å². The van der Waals surface area contributed by atoms with Gasteiger partial charge in [0.15, 0.2) is 5.69 Å². The van der Waals surface area contributed by atoms with Gasteiger partial charge in [0.05, 0.1) is 5.02 Å². The predicted molar refractivity (Wildman–Crippen MR) is 51.8 cm³/mol. The SMILES string of the molecule is O=C(O)c1coc(-c2sccc2Cl)n1. The molecule has 0 aliphatic carbocycles. The molecular weight excluding hydrogens is 226 g/mol. The second-order valence-electron chi connectivity index (χ2n) is 2.44. The Balaban J connectivity index is 2.43. The zero-order valence-electron chi connectivity index (χ0n) is 6.73. The average molecular weight is 230 g/mol. The molecule has 0 fully saturated rings. The fraction of sp³-hybridized carbons (Fsp3) is 0. The predicted octanol–water partition coefficient (Wildman–Crippen LogP) is 2.75. The molecule has 0 aromatic carbocycles. The van der Waals surface area contributed by atoms with Crippen LogP contribution in [0.4, 0.5) is 0 Å². The minimum atomic E-state index is -1.12. The van der Waals surface area contributed by atoms with Crippen molar-refractivity contribution < 1.29 is 14.3 Å². The number of carboxylic acid groups (broad SMARTS) is 1. The minimum Gasteiger partial charge on any atom is -0.476 e. The highest BCUT2D eigenvalue weighted by atomic mass is 35.5. The molecule has 0 saturated carbocycles. The molecule has 2 rings (SSSR count). The van der Waals surface area contributed by atoms with Crippen molar-refractivity contribution >= 4 is 28.9 Å². The fourth-order valence-electron chi connectivity index (χ4n) is 0.923. The summed E-state index contributed by atoms with van der Waals surface area (Å²) >= 11 is 7.17. The molecule has 0 aliphatic heterocycles. The van der Waals surface area contributed by atoms with E-state index in [0.717, 1.165) is 6.26 Å². The van der Waals surface area contributed by atoms with Gasteiger partial charge >= 0.3 is 5.97 Å². The Hall–Kier alpha value is -1.33. The maximum absolute atomic E-state index is 10.5. The number of hydrogen-bond donors (Lipinski definition) is 1. The number of carbonyl (C=O) groups is 1. The van der Waals surface area contributed by atoms with Gasteiger partial charge < -0.3 is 9.52 Å². The van der Waals surface area contributed by atoms with E-state index in [-0.39, 0.29) is 11.6 Å². The molecule has 2 heterocycles. The Kier molecular flexibility index (Phi) is 2.26. The summed E-state index contributed by atoms with van der Waals surface area (Å²) in [5.41, 5.74) is -0.121. The molecule has 0 atom stereocenters.